The van der Waals surface area contributed by atoms with Crippen molar-refractivity contribution in [2.45, 2.75) is 6.92 Å². The average Bonchev–Trinajstić information content (AvgIpc) is 1.97. The SMILES string of the molecule is CC(=O)c1c(O)ccc(F)c1I. The third-order valence-corrected chi connectivity index (χ3v) is 2.48. The van der Waals surface area contributed by atoms with Gasteiger partial charge in [-0.15, -0.1) is 0 Å². The Morgan fingerprint density at radius 2 is 2.17 bits per heavy atom. The number of benzene rings is 1. The van der Waals surface area contributed by atoms with Gasteiger partial charge in [0.25, 0.3) is 0 Å². The molecule has 0 aliphatic rings. The molecule has 0 unspecified atom stereocenters. The molecule has 0 bridgehead atoms. The molecule has 1 rings (SSSR count). The summed E-state index contributed by atoms with van der Waals surface area (Å²) >= 11 is 1.69. The fraction of sp³-hybridized carbons (Fsp3) is 0.125. The minimum atomic E-state index is -0.487. The van der Waals surface area contributed by atoms with Crippen LogP contribution in [-0.2, 0) is 0 Å². The summed E-state index contributed by atoms with van der Waals surface area (Å²) in [6.45, 7) is 1.29. The van der Waals surface area contributed by atoms with Crippen molar-refractivity contribution >= 4 is 28.4 Å². The molecule has 12 heavy (non-hydrogen) atoms. The van der Waals surface area contributed by atoms with E-state index in [9.17, 15) is 14.3 Å². The highest BCUT2D eigenvalue weighted by molar-refractivity contribution is 14.1. The fourth-order valence-electron chi connectivity index (χ4n) is 0.875. The van der Waals surface area contributed by atoms with Gasteiger partial charge in [-0.3, -0.25) is 4.79 Å². The maximum absolute atomic E-state index is 12.8. The molecule has 1 aromatic rings. The normalized spacial score (nSPS) is 9.92. The number of phenols is 1. The molecule has 4 heteroatoms. The van der Waals surface area contributed by atoms with Crippen LogP contribution in [0.15, 0.2) is 12.1 Å². The maximum atomic E-state index is 12.8. The van der Waals surface area contributed by atoms with E-state index in [0.29, 0.717) is 0 Å². The van der Waals surface area contributed by atoms with Gasteiger partial charge in [-0.25, -0.2) is 4.39 Å². The van der Waals surface area contributed by atoms with Gasteiger partial charge < -0.3 is 5.11 Å². The molecule has 0 atom stereocenters. The molecule has 0 spiro atoms. The highest BCUT2D eigenvalue weighted by Gasteiger charge is 2.13. The Morgan fingerprint density at radius 1 is 1.58 bits per heavy atom. The molecule has 2 nitrogen and oxygen atoms in total. The van der Waals surface area contributed by atoms with E-state index in [1.54, 1.807) is 22.6 Å². The number of hydrogen-bond donors (Lipinski definition) is 1. The lowest BCUT2D eigenvalue weighted by atomic mass is 10.1. The second kappa shape index (κ2) is 3.38. The molecule has 0 heterocycles. The van der Waals surface area contributed by atoms with Crippen LogP contribution < -0.4 is 0 Å². The number of Topliss-reactive ketones (excluding diaryl/α,β-unsaturated/α-hetero) is 1. The molecule has 1 aromatic carbocycles. The zero-order valence-electron chi connectivity index (χ0n) is 6.27. The Kier molecular flexibility index (Phi) is 2.66. The van der Waals surface area contributed by atoms with Crippen LogP contribution in [0, 0.1) is 9.39 Å². The molecule has 64 valence electrons. The standard InChI is InChI=1S/C8H6FIO2/c1-4(11)7-6(12)3-2-5(9)8(7)10/h2-3,12H,1H3. The molecular formula is C8H6FIO2. The first kappa shape index (κ1) is 9.44. The number of phenolic OH excluding ortho intramolecular Hbond substituents is 1. The third kappa shape index (κ3) is 1.57. The van der Waals surface area contributed by atoms with Crippen LogP contribution in [0.3, 0.4) is 0 Å². The molecule has 0 amide bonds. The summed E-state index contributed by atoms with van der Waals surface area (Å²) in [5, 5.41) is 9.19. The Hall–Kier alpha value is -0.650. The molecule has 1 N–H and O–H groups in total. The van der Waals surface area contributed by atoms with Crippen molar-refractivity contribution in [1.82, 2.24) is 0 Å². The molecule has 0 fully saturated rings. The van der Waals surface area contributed by atoms with Crippen molar-refractivity contribution in [1.29, 1.82) is 0 Å². The van der Waals surface area contributed by atoms with Crippen molar-refractivity contribution in [3.63, 3.8) is 0 Å². The van der Waals surface area contributed by atoms with Crippen LogP contribution in [0.25, 0.3) is 0 Å². The quantitative estimate of drug-likeness (QED) is 0.633. The van der Waals surface area contributed by atoms with Crippen molar-refractivity contribution in [2.75, 3.05) is 0 Å². The Labute approximate surface area is 82.5 Å². The average molecular weight is 280 g/mol. The van der Waals surface area contributed by atoms with Gasteiger partial charge >= 0.3 is 0 Å². The lowest BCUT2D eigenvalue weighted by Gasteiger charge is -2.03. The number of ketones is 1. The number of aromatic hydroxyl groups is 1. The third-order valence-electron chi connectivity index (χ3n) is 1.42. The topological polar surface area (TPSA) is 37.3 Å². The fourth-order valence-corrected chi connectivity index (χ4v) is 1.71. The minimum absolute atomic E-state index is 0.0515. The van der Waals surface area contributed by atoms with Gasteiger partial charge in [0, 0.05) is 0 Å². The number of carbonyl (C=O) groups is 1. The van der Waals surface area contributed by atoms with Crippen molar-refractivity contribution in [3.05, 3.63) is 27.1 Å². The van der Waals surface area contributed by atoms with Gasteiger partial charge in [0.2, 0.25) is 0 Å². The van der Waals surface area contributed by atoms with Crippen LogP contribution in [0.1, 0.15) is 17.3 Å². The van der Waals surface area contributed by atoms with E-state index >= 15 is 0 Å². The van der Waals surface area contributed by atoms with E-state index in [0.717, 1.165) is 6.07 Å². The maximum Gasteiger partial charge on any atom is 0.164 e. The molecule has 0 radical (unpaired) electrons. The van der Waals surface area contributed by atoms with E-state index in [4.69, 9.17) is 0 Å². The predicted octanol–water partition coefficient (Wildman–Crippen LogP) is 2.34. The Bertz CT molecular complexity index is 336. The van der Waals surface area contributed by atoms with Gasteiger partial charge in [-0.2, -0.15) is 0 Å². The second-order valence-electron chi connectivity index (χ2n) is 2.31. The number of halogens is 2. The van der Waals surface area contributed by atoms with E-state index < -0.39 is 5.82 Å². The highest BCUT2D eigenvalue weighted by atomic mass is 127. The summed E-state index contributed by atoms with van der Waals surface area (Å²) < 4.78 is 13.0. The summed E-state index contributed by atoms with van der Waals surface area (Å²) in [5.74, 6) is -0.997. The van der Waals surface area contributed by atoms with Gasteiger partial charge in [0.15, 0.2) is 5.78 Å². The Morgan fingerprint density at radius 3 is 2.58 bits per heavy atom. The second-order valence-corrected chi connectivity index (χ2v) is 3.39. The van der Waals surface area contributed by atoms with E-state index in [-0.39, 0.29) is 20.7 Å². The molecule has 0 aromatic heterocycles. The largest absolute Gasteiger partial charge is 0.507 e. The zero-order chi connectivity index (χ0) is 9.30. The smallest absolute Gasteiger partial charge is 0.164 e. The van der Waals surface area contributed by atoms with Gasteiger partial charge in [0.05, 0.1) is 9.13 Å². The summed E-state index contributed by atoms with van der Waals surface area (Å²) in [6.07, 6.45) is 0. The van der Waals surface area contributed by atoms with Gasteiger partial charge in [0.1, 0.15) is 11.6 Å². The summed E-state index contributed by atoms with van der Waals surface area (Å²) in [4.78, 5) is 10.9. The lowest BCUT2D eigenvalue weighted by molar-refractivity contribution is 0.101. The lowest BCUT2D eigenvalue weighted by Crippen LogP contribution is -1.98. The van der Waals surface area contributed by atoms with Crippen molar-refractivity contribution in [2.24, 2.45) is 0 Å². The first-order chi connectivity index (χ1) is 5.54. The van der Waals surface area contributed by atoms with E-state index in [1.165, 1.54) is 13.0 Å². The summed E-state index contributed by atoms with van der Waals surface area (Å²) in [6, 6.07) is 2.30. The van der Waals surface area contributed by atoms with Crippen LogP contribution in [0.2, 0.25) is 0 Å². The van der Waals surface area contributed by atoms with Crippen LogP contribution in [-0.4, -0.2) is 10.9 Å². The molecule has 0 aliphatic heterocycles. The highest BCUT2D eigenvalue weighted by Crippen LogP contribution is 2.25. The summed E-state index contributed by atoms with van der Waals surface area (Å²) in [7, 11) is 0. The van der Waals surface area contributed by atoms with Crippen LogP contribution in [0.5, 0.6) is 5.75 Å². The summed E-state index contributed by atoms with van der Waals surface area (Å²) in [5.41, 5.74) is 0.0515. The first-order valence-electron chi connectivity index (χ1n) is 3.22. The minimum Gasteiger partial charge on any atom is -0.507 e. The number of rotatable bonds is 1. The monoisotopic (exact) mass is 280 g/mol. The van der Waals surface area contributed by atoms with Gasteiger partial charge in [-0.1, -0.05) is 0 Å². The van der Waals surface area contributed by atoms with Gasteiger partial charge in [-0.05, 0) is 41.6 Å². The van der Waals surface area contributed by atoms with Crippen molar-refractivity contribution < 1.29 is 14.3 Å². The van der Waals surface area contributed by atoms with Crippen LogP contribution in [0.4, 0.5) is 4.39 Å². The first-order valence-corrected chi connectivity index (χ1v) is 4.30. The molecule has 0 saturated heterocycles. The van der Waals surface area contributed by atoms with E-state index in [1.807, 2.05) is 0 Å². The molecular weight excluding hydrogens is 274 g/mol. The van der Waals surface area contributed by atoms with E-state index in [2.05, 4.69) is 0 Å². The predicted molar refractivity (Wildman–Crippen MR) is 50.8 cm³/mol. The Balaban J connectivity index is 3.43. The van der Waals surface area contributed by atoms with Crippen molar-refractivity contribution in [3.8, 4) is 5.75 Å². The number of hydrogen-bond acceptors (Lipinski definition) is 2. The zero-order valence-corrected chi connectivity index (χ0v) is 8.42. The number of carbonyl (C=O) groups excluding carboxylic acids is 1. The molecule has 0 aliphatic carbocycles. The molecule has 0 saturated carbocycles. The van der Waals surface area contributed by atoms with Crippen LogP contribution >= 0.6 is 22.6 Å².